The van der Waals surface area contributed by atoms with Gasteiger partial charge in [-0.15, -0.1) is 0 Å². The number of pyridine rings is 1. The van der Waals surface area contributed by atoms with E-state index in [0.29, 0.717) is 17.9 Å². The molecule has 3 heterocycles. The van der Waals surface area contributed by atoms with Crippen LogP contribution in [0.25, 0.3) is 0 Å². The van der Waals surface area contributed by atoms with Crippen LogP contribution in [0.3, 0.4) is 0 Å². The summed E-state index contributed by atoms with van der Waals surface area (Å²) >= 11 is 0. The first-order valence-electron chi connectivity index (χ1n) is 8.39. The Hall–Kier alpha value is -2.44. The van der Waals surface area contributed by atoms with Gasteiger partial charge in [0.15, 0.2) is 0 Å². The van der Waals surface area contributed by atoms with Gasteiger partial charge in [-0.1, -0.05) is 10.3 Å². The Morgan fingerprint density at radius 1 is 1.25 bits per heavy atom. The zero-order chi connectivity index (χ0) is 16.8. The second kappa shape index (κ2) is 5.58. The lowest BCUT2D eigenvalue weighted by molar-refractivity contribution is 0.0727. The van der Waals surface area contributed by atoms with Gasteiger partial charge in [0, 0.05) is 18.8 Å². The monoisotopic (exact) mass is 328 g/mol. The molecule has 1 aliphatic heterocycles. The minimum Gasteiger partial charge on any atom is -0.330 e. The summed E-state index contributed by atoms with van der Waals surface area (Å²) in [5, 5.41) is 7.78. The lowest BCUT2D eigenvalue weighted by Crippen LogP contribution is -2.37. The van der Waals surface area contributed by atoms with Crippen molar-refractivity contribution in [3.63, 3.8) is 0 Å². The molecule has 126 valence electrons. The zero-order valence-electron chi connectivity index (χ0n) is 13.9. The highest BCUT2D eigenvalue weighted by Gasteiger charge is 2.36. The summed E-state index contributed by atoms with van der Waals surface area (Å²) < 4.78 is 6.50. The summed E-state index contributed by atoms with van der Waals surface area (Å²) in [6.07, 6.45) is 5.51. The average Bonchev–Trinajstić information content (AvgIpc) is 3.11. The van der Waals surface area contributed by atoms with Gasteiger partial charge in [-0.2, -0.15) is 0 Å². The lowest BCUT2D eigenvalue weighted by atomic mass is 10.1. The van der Waals surface area contributed by atoms with Crippen LogP contribution in [-0.2, 0) is 0 Å². The number of hydrogen-bond donors (Lipinski definition) is 0. The van der Waals surface area contributed by atoms with Crippen LogP contribution in [-0.4, -0.2) is 32.2 Å². The Labute approximate surface area is 139 Å². The predicted octanol–water partition coefficient (Wildman–Crippen LogP) is 2.16. The number of amides is 1. The first-order valence-corrected chi connectivity index (χ1v) is 8.39. The summed E-state index contributed by atoms with van der Waals surface area (Å²) in [7, 11) is 0. The van der Waals surface area contributed by atoms with E-state index in [1.165, 1.54) is 0 Å². The summed E-state index contributed by atoms with van der Waals surface area (Å²) in [6.45, 7) is 4.26. The highest BCUT2D eigenvalue weighted by atomic mass is 16.6. The van der Waals surface area contributed by atoms with Crippen molar-refractivity contribution < 1.29 is 9.42 Å². The standard InChI is InChI=1S/C17H20N4O3/c1-10-7-9-20(12-5-6-12)16(22)14(10)17(23)21-8-3-4-13(21)15-11(2)18-24-19-15/h7,9,12-13H,3-6,8H2,1-2H3. The van der Waals surface area contributed by atoms with Crippen molar-refractivity contribution in [3.8, 4) is 0 Å². The summed E-state index contributed by atoms with van der Waals surface area (Å²) in [4.78, 5) is 27.7. The van der Waals surface area contributed by atoms with Crippen LogP contribution in [0.2, 0.25) is 0 Å². The molecule has 0 radical (unpaired) electrons. The van der Waals surface area contributed by atoms with Crippen molar-refractivity contribution in [1.29, 1.82) is 0 Å². The first kappa shape index (κ1) is 15.1. The lowest BCUT2D eigenvalue weighted by Gasteiger charge is -2.24. The number of rotatable bonds is 3. The number of aryl methyl sites for hydroxylation is 2. The SMILES string of the molecule is Cc1ccn(C2CC2)c(=O)c1C(=O)N1CCCC1c1nonc1C. The Kier molecular flexibility index (Phi) is 3.51. The van der Waals surface area contributed by atoms with E-state index in [1.54, 1.807) is 15.7 Å². The fourth-order valence-electron chi connectivity index (χ4n) is 3.52. The number of likely N-dealkylation sites (tertiary alicyclic amines) is 1. The zero-order valence-corrected chi connectivity index (χ0v) is 13.9. The van der Waals surface area contributed by atoms with Gasteiger partial charge in [0.05, 0.1) is 6.04 Å². The number of aromatic nitrogens is 3. The van der Waals surface area contributed by atoms with Gasteiger partial charge in [0.25, 0.3) is 11.5 Å². The first-order chi connectivity index (χ1) is 11.6. The molecule has 0 bridgehead atoms. The van der Waals surface area contributed by atoms with E-state index >= 15 is 0 Å². The van der Waals surface area contributed by atoms with Crippen LogP contribution >= 0.6 is 0 Å². The molecule has 2 aromatic rings. The van der Waals surface area contributed by atoms with Gasteiger partial charge in [-0.3, -0.25) is 9.59 Å². The highest BCUT2D eigenvalue weighted by Crippen LogP contribution is 2.35. The molecule has 24 heavy (non-hydrogen) atoms. The molecule has 4 rings (SSSR count). The molecule has 2 aromatic heterocycles. The third-order valence-electron chi connectivity index (χ3n) is 5.00. The molecule has 2 fully saturated rings. The van der Waals surface area contributed by atoms with Crippen LogP contribution in [0.15, 0.2) is 21.7 Å². The van der Waals surface area contributed by atoms with Crippen molar-refractivity contribution in [2.24, 2.45) is 0 Å². The molecule has 0 aromatic carbocycles. The van der Waals surface area contributed by atoms with E-state index in [0.717, 1.165) is 31.2 Å². The number of carbonyl (C=O) groups excluding carboxylic acids is 1. The predicted molar refractivity (Wildman–Crippen MR) is 85.8 cm³/mol. The number of nitrogens with zero attached hydrogens (tertiary/aromatic N) is 4. The Balaban J connectivity index is 1.72. The second-order valence-corrected chi connectivity index (χ2v) is 6.71. The Morgan fingerprint density at radius 2 is 2.04 bits per heavy atom. The third kappa shape index (κ3) is 2.35. The maximum absolute atomic E-state index is 13.1. The molecule has 0 N–H and O–H groups in total. The van der Waals surface area contributed by atoms with Gasteiger partial charge in [0.1, 0.15) is 17.0 Å². The normalized spacial score (nSPS) is 20.6. The van der Waals surface area contributed by atoms with Crippen LogP contribution in [0.4, 0.5) is 0 Å². The van der Waals surface area contributed by atoms with Crippen molar-refractivity contribution in [3.05, 3.63) is 45.1 Å². The molecule has 1 saturated carbocycles. The summed E-state index contributed by atoms with van der Waals surface area (Å²) in [5.74, 6) is -0.211. The summed E-state index contributed by atoms with van der Waals surface area (Å²) in [6, 6.07) is 1.94. The molecular weight excluding hydrogens is 308 g/mol. The molecule has 7 heteroatoms. The number of carbonyl (C=O) groups is 1. The molecule has 2 aliphatic rings. The quantitative estimate of drug-likeness (QED) is 0.862. The molecule has 1 atom stereocenters. The molecular formula is C17H20N4O3. The van der Waals surface area contributed by atoms with Gasteiger partial charge in [-0.05, 0) is 51.2 Å². The van der Waals surface area contributed by atoms with Crippen LogP contribution < -0.4 is 5.56 Å². The van der Waals surface area contributed by atoms with E-state index in [1.807, 2.05) is 19.9 Å². The molecule has 1 amide bonds. The highest BCUT2D eigenvalue weighted by molar-refractivity contribution is 5.95. The smallest absolute Gasteiger partial charge is 0.263 e. The maximum atomic E-state index is 13.1. The van der Waals surface area contributed by atoms with E-state index < -0.39 is 0 Å². The summed E-state index contributed by atoms with van der Waals surface area (Å²) in [5.41, 5.74) is 2.22. The Morgan fingerprint density at radius 3 is 2.71 bits per heavy atom. The average molecular weight is 328 g/mol. The molecule has 1 saturated heterocycles. The van der Waals surface area contributed by atoms with Gasteiger partial charge < -0.3 is 9.47 Å². The number of hydrogen-bond acceptors (Lipinski definition) is 5. The van der Waals surface area contributed by atoms with Gasteiger partial charge in [0.2, 0.25) is 0 Å². The second-order valence-electron chi connectivity index (χ2n) is 6.71. The largest absolute Gasteiger partial charge is 0.330 e. The minimum absolute atomic E-state index is 0.169. The fourth-order valence-corrected chi connectivity index (χ4v) is 3.52. The van der Waals surface area contributed by atoms with Crippen molar-refractivity contribution in [2.75, 3.05) is 6.54 Å². The molecule has 1 aliphatic carbocycles. The fraction of sp³-hybridized carbons (Fsp3) is 0.529. The van der Waals surface area contributed by atoms with E-state index in [9.17, 15) is 9.59 Å². The van der Waals surface area contributed by atoms with Crippen LogP contribution in [0, 0.1) is 13.8 Å². The molecule has 1 unspecified atom stereocenters. The van der Waals surface area contributed by atoms with E-state index in [-0.39, 0.29) is 29.1 Å². The van der Waals surface area contributed by atoms with Crippen molar-refractivity contribution >= 4 is 5.91 Å². The van der Waals surface area contributed by atoms with Crippen molar-refractivity contribution in [2.45, 2.75) is 51.6 Å². The van der Waals surface area contributed by atoms with Gasteiger partial charge in [-0.25, -0.2) is 4.63 Å². The van der Waals surface area contributed by atoms with Crippen molar-refractivity contribution in [1.82, 2.24) is 19.8 Å². The topological polar surface area (TPSA) is 81.2 Å². The van der Waals surface area contributed by atoms with Crippen LogP contribution in [0.1, 0.15) is 65.1 Å². The van der Waals surface area contributed by atoms with Gasteiger partial charge >= 0.3 is 0 Å². The van der Waals surface area contributed by atoms with E-state index in [2.05, 4.69) is 10.3 Å². The van der Waals surface area contributed by atoms with E-state index in [4.69, 9.17) is 4.63 Å². The molecule has 0 spiro atoms. The maximum Gasteiger partial charge on any atom is 0.263 e. The Bertz CT molecular complexity index is 850. The minimum atomic E-state index is -0.211. The van der Waals surface area contributed by atoms with Crippen LogP contribution in [0.5, 0.6) is 0 Å². The third-order valence-corrected chi connectivity index (χ3v) is 5.00. The molecule has 7 nitrogen and oxygen atoms in total.